The summed E-state index contributed by atoms with van der Waals surface area (Å²) in [6.07, 6.45) is 1.19. The molecule has 0 saturated carbocycles. The quantitative estimate of drug-likeness (QED) is 0.562. The molecular formula is C25H32FN3O5S. The Kier molecular flexibility index (Phi) is 8.85. The zero-order valence-electron chi connectivity index (χ0n) is 20.3. The van der Waals surface area contributed by atoms with Crippen LogP contribution in [0.3, 0.4) is 0 Å². The Morgan fingerprint density at radius 2 is 1.86 bits per heavy atom. The molecule has 2 amide bonds. The third kappa shape index (κ3) is 8.32. The maximum atomic E-state index is 13.1. The van der Waals surface area contributed by atoms with Crippen molar-refractivity contribution >= 4 is 21.8 Å². The largest absolute Gasteiger partial charge is 0.483 e. The van der Waals surface area contributed by atoms with Crippen LogP contribution in [0.5, 0.6) is 5.75 Å². The van der Waals surface area contributed by atoms with E-state index < -0.39 is 15.9 Å². The number of amides is 2. The number of aryl methyl sites for hydroxylation is 2. The molecule has 2 aromatic rings. The number of rotatable bonds is 9. The second-order valence-corrected chi connectivity index (χ2v) is 10.7. The van der Waals surface area contributed by atoms with E-state index >= 15 is 0 Å². The number of benzene rings is 2. The summed E-state index contributed by atoms with van der Waals surface area (Å²) in [5.74, 6) is -0.478. The van der Waals surface area contributed by atoms with Crippen molar-refractivity contribution in [3.8, 4) is 5.75 Å². The number of sulfonamides is 1. The summed E-state index contributed by atoms with van der Waals surface area (Å²) in [6.45, 7) is 6.44. The predicted octanol–water partition coefficient (Wildman–Crippen LogP) is 2.25. The molecule has 1 N–H and O–H groups in total. The van der Waals surface area contributed by atoms with E-state index in [-0.39, 0.29) is 37.2 Å². The monoisotopic (exact) mass is 505 g/mol. The lowest BCUT2D eigenvalue weighted by atomic mass is 10.1. The van der Waals surface area contributed by atoms with E-state index in [4.69, 9.17) is 4.74 Å². The smallest absolute Gasteiger partial charge is 0.260 e. The SMILES string of the molecule is Cc1ccc(OCC(=O)N2CCN(Cc3ccc(F)cc3)CC2C)c(CCC(=O)NS(C)(=O)=O)c1. The molecule has 1 aliphatic heterocycles. The fraction of sp³-hybridized carbons (Fsp3) is 0.440. The minimum absolute atomic E-state index is 0.00234. The summed E-state index contributed by atoms with van der Waals surface area (Å²) in [7, 11) is -3.61. The van der Waals surface area contributed by atoms with E-state index in [2.05, 4.69) is 4.90 Å². The number of carbonyl (C=O) groups is 2. The van der Waals surface area contributed by atoms with Crippen LogP contribution in [0, 0.1) is 12.7 Å². The molecule has 1 saturated heterocycles. The van der Waals surface area contributed by atoms with Gasteiger partial charge in [-0.1, -0.05) is 29.8 Å². The Bertz CT molecular complexity index is 1150. The Labute approximate surface area is 206 Å². The lowest BCUT2D eigenvalue weighted by Gasteiger charge is -2.39. The van der Waals surface area contributed by atoms with Crippen molar-refractivity contribution in [1.29, 1.82) is 0 Å². The highest BCUT2D eigenvalue weighted by atomic mass is 32.2. The Morgan fingerprint density at radius 3 is 2.51 bits per heavy atom. The second-order valence-electron chi connectivity index (χ2n) is 8.99. The molecule has 1 atom stereocenters. The summed E-state index contributed by atoms with van der Waals surface area (Å²) >= 11 is 0. The van der Waals surface area contributed by atoms with Crippen LogP contribution in [0.25, 0.3) is 0 Å². The number of nitrogens with zero attached hydrogens (tertiary/aromatic N) is 2. The van der Waals surface area contributed by atoms with Gasteiger partial charge < -0.3 is 9.64 Å². The number of piperazine rings is 1. The van der Waals surface area contributed by atoms with Gasteiger partial charge in [-0.25, -0.2) is 12.8 Å². The molecule has 0 aliphatic carbocycles. The molecule has 3 rings (SSSR count). The average Bonchev–Trinajstić information content (AvgIpc) is 2.77. The highest BCUT2D eigenvalue weighted by molar-refractivity contribution is 7.89. The van der Waals surface area contributed by atoms with E-state index in [0.717, 1.165) is 22.9 Å². The van der Waals surface area contributed by atoms with Crippen molar-refractivity contribution in [3.05, 3.63) is 65.0 Å². The number of hydrogen-bond donors (Lipinski definition) is 1. The van der Waals surface area contributed by atoms with E-state index in [1.54, 1.807) is 23.1 Å². The van der Waals surface area contributed by atoms with Gasteiger partial charge in [-0.05, 0) is 49.6 Å². The third-order valence-electron chi connectivity index (χ3n) is 5.84. The van der Waals surface area contributed by atoms with Gasteiger partial charge in [0.25, 0.3) is 5.91 Å². The van der Waals surface area contributed by atoms with Gasteiger partial charge in [-0.15, -0.1) is 0 Å². The van der Waals surface area contributed by atoms with E-state index in [0.29, 0.717) is 31.9 Å². The topological polar surface area (TPSA) is 96.0 Å². The molecular weight excluding hydrogens is 473 g/mol. The van der Waals surface area contributed by atoms with Gasteiger partial charge >= 0.3 is 0 Å². The van der Waals surface area contributed by atoms with Gasteiger partial charge in [0.15, 0.2) is 6.61 Å². The maximum Gasteiger partial charge on any atom is 0.260 e. The van der Waals surface area contributed by atoms with Crippen molar-refractivity contribution in [3.63, 3.8) is 0 Å². The molecule has 0 aromatic heterocycles. The van der Waals surface area contributed by atoms with Crippen LogP contribution in [-0.2, 0) is 32.6 Å². The first kappa shape index (κ1) is 26.6. The zero-order valence-corrected chi connectivity index (χ0v) is 21.1. The normalized spacial score (nSPS) is 16.7. The van der Waals surface area contributed by atoms with Gasteiger partial charge in [-0.3, -0.25) is 19.2 Å². The van der Waals surface area contributed by atoms with Crippen LogP contribution in [0.2, 0.25) is 0 Å². The number of carbonyl (C=O) groups excluding carboxylic acids is 2. The highest BCUT2D eigenvalue weighted by Crippen LogP contribution is 2.22. The molecule has 1 fully saturated rings. The Morgan fingerprint density at radius 1 is 1.14 bits per heavy atom. The van der Waals surface area contributed by atoms with E-state index in [9.17, 15) is 22.4 Å². The van der Waals surface area contributed by atoms with Crippen molar-refractivity contribution in [2.75, 3.05) is 32.5 Å². The molecule has 0 spiro atoms. The number of nitrogens with one attached hydrogen (secondary N) is 1. The van der Waals surface area contributed by atoms with Crippen LogP contribution in [0.1, 0.15) is 30.0 Å². The van der Waals surface area contributed by atoms with Gasteiger partial charge in [0.1, 0.15) is 11.6 Å². The van der Waals surface area contributed by atoms with Gasteiger partial charge in [0, 0.05) is 38.6 Å². The van der Waals surface area contributed by atoms with E-state index in [1.807, 2.05) is 30.7 Å². The molecule has 35 heavy (non-hydrogen) atoms. The highest BCUT2D eigenvalue weighted by Gasteiger charge is 2.27. The van der Waals surface area contributed by atoms with Crippen molar-refractivity contribution in [2.24, 2.45) is 0 Å². The second kappa shape index (κ2) is 11.6. The molecule has 0 radical (unpaired) electrons. The minimum Gasteiger partial charge on any atom is -0.483 e. The molecule has 190 valence electrons. The Balaban J connectivity index is 1.53. The Hall–Kier alpha value is -2.98. The first-order valence-corrected chi connectivity index (χ1v) is 13.4. The molecule has 2 aromatic carbocycles. The zero-order chi connectivity index (χ0) is 25.6. The van der Waals surface area contributed by atoms with Gasteiger partial charge in [0.2, 0.25) is 15.9 Å². The van der Waals surface area contributed by atoms with Crippen molar-refractivity contribution < 1.29 is 27.1 Å². The fourth-order valence-corrected chi connectivity index (χ4v) is 4.68. The van der Waals surface area contributed by atoms with Crippen molar-refractivity contribution in [2.45, 2.75) is 39.3 Å². The van der Waals surface area contributed by atoms with Crippen molar-refractivity contribution in [1.82, 2.24) is 14.5 Å². The standard InChI is InChI=1S/C25H32FN3O5S/c1-18-4-10-23(21(14-18)7-11-24(30)27-35(3,32)33)34-17-25(31)29-13-12-28(15-19(29)2)16-20-5-8-22(26)9-6-20/h4-6,8-10,14,19H,7,11-13,15-17H2,1-3H3,(H,27,30). The predicted molar refractivity (Wildman–Crippen MR) is 131 cm³/mol. The summed E-state index contributed by atoms with van der Waals surface area (Å²) in [5, 5.41) is 0. The van der Waals surface area contributed by atoms with Gasteiger partial charge in [-0.2, -0.15) is 0 Å². The fourth-order valence-electron chi connectivity index (χ4n) is 4.17. The summed E-state index contributed by atoms with van der Waals surface area (Å²) in [5.41, 5.74) is 2.73. The van der Waals surface area contributed by atoms with E-state index in [1.165, 1.54) is 12.1 Å². The average molecular weight is 506 g/mol. The lowest BCUT2D eigenvalue weighted by molar-refractivity contribution is -0.138. The first-order valence-electron chi connectivity index (χ1n) is 11.5. The van der Waals surface area contributed by atoms with Crippen LogP contribution in [0.15, 0.2) is 42.5 Å². The summed E-state index contributed by atoms with van der Waals surface area (Å²) < 4.78 is 43.4. The molecule has 10 heteroatoms. The lowest BCUT2D eigenvalue weighted by Crippen LogP contribution is -2.54. The molecule has 1 unspecified atom stereocenters. The number of ether oxygens (including phenoxy) is 1. The molecule has 1 aliphatic rings. The third-order valence-corrected chi connectivity index (χ3v) is 6.44. The van der Waals surface area contributed by atoms with Crippen LogP contribution in [-0.4, -0.2) is 68.6 Å². The molecule has 0 bridgehead atoms. The molecule has 8 nitrogen and oxygen atoms in total. The van der Waals surface area contributed by atoms with Crippen LogP contribution in [0.4, 0.5) is 4.39 Å². The van der Waals surface area contributed by atoms with Gasteiger partial charge in [0.05, 0.1) is 6.26 Å². The summed E-state index contributed by atoms with van der Waals surface area (Å²) in [6, 6.07) is 11.9. The molecule has 1 heterocycles. The minimum atomic E-state index is -3.61. The van der Waals surface area contributed by atoms with Crippen LogP contribution >= 0.6 is 0 Å². The maximum absolute atomic E-state index is 13.1. The van der Waals surface area contributed by atoms with Crippen LogP contribution < -0.4 is 9.46 Å². The first-order chi connectivity index (χ1) is 16.5. The summed E-state index contributed by atoms with van der Waals surface area (Å²) in [4.78, 5) is 28.8. The number of hydrogen-bond acceptors (Lipinski definition) is 6. The number of halogens is 1.